The van der Waals surface area contributed by atoms with Crippen LogP contribution < -0.4 is 21.4 Å². The quantitative estimate of drug-likeness (QED) is 0.384. The lowest BCUT2D eigenvalue weighted by Crippen LogP contribution is -2.49. The van der Waals surface area contributed by atoms with Gasteiger partial charge in [-0.3, -0.25) is 14.3 Å². The minimum absolute atomic E-state index is 0.0277. The minimum atomic E-state index is -4.87. The first-order valence-corrected chi connectivity index (χ1v) is 12.1. The Morgan fingerprint density at radius 3 is 2.41 bits per heavy atom. The van der Waals surface area contributed by atoms with E-state index in [0.29, 0.717) is 32.4 Å². The van der Waals surface area contributed by atoms with Crippen LogP contribution in [0.1, 0.15) is 24.1 Å². The Morgan fingerprint density at radius 2 is 1.77 bits per heavy atom. The van der Waals surface area contributed by atoms with Gasteiger partial charge in [-0.15, -0.1) is 0 Å². The molecule has 3 aromatic heterocycles. The lowest BCUT2D eigenvalue weighted by Gasteiger charge is -2.31. The highest BCUT2D eigenvalue weighted by atomic mass is 19.4. The first kappa shape index (κ1) is 26.4. The van der Waals surface area contributed by atoms with Gasteiger partial charge in [-0.25, -0.2) is 13.7 Å². The van der Waals surface area contributed by atoms with Crippen molar-refractivity contribution in [3.05, 3.63) is 74.3 Å². The zero-order valence-corrected chi connectivity index (χ0v) is 21.3. The Hall–Kier alpha value is -4.20. The Labute approximate surface area is 219 Å². The van der Waals surface area contributed by atoms with Crippen LogP contribution in [0.5, 0.6) is 0 Å². The third-order valence-corrected chi connectivity index (χ3v) is 6.62. The van der Waals surface area contributed by atoms with Crippen LogP contribution in [0.15, 0.2) is 46.2 Å². The molecule has 0 saturated carbocycles. The van der Waals surface area contributed by atoms with E-state index in [-0.39, 0.29) is 33.4 Å². The second-order valence-electron chi connectivity index (χ2n) is 9.23. The van der Waals surface area contributed by atoms with Crippen LogP contribution in [0.25, 0.3) is 22.0 Å². The minimum Gasteiger partial charge on any atom is -0.378 e. The van der Waals surface area contributed by atoms with E-state index in [0.717, 1.165) is 10.7 Å². The number of pyridine rings is 1. The van der Waals surface area contributed by atoms with Crippen LogP contribution in [0.4, 0.5) is 23.4 Å². The highest BCUT2D eigenvalue weighted by molar-refractivity contribution is 5.99. The van der Waals surface area contributed by atoms with Crippen molar-refractivity contribution in [3.8, 4) is 11.3 Å². The van der Waals surface area contributed by atoms with Crippen molar-refractivity contribution in [2.45, 2.75) is 19.1 Å². The number of hydrogen-bond acceptors (Lipinski definition) is 7. The van der Waals surface area contributed by atoms with E-state index in [1.54, 1.807) is 24.3 Å². The Bertz CT molecular complexity index is 1670. The lowest BCUT2D eigenvalue weighted by atomic mass is 10.0. The molecule has 4 aromatic rings. The van der Waals surface area contributed by atoms with Gasteiger partial charge >= 0.3 is 6.18 Å². The van der Waals surface area contributed by atoms with E-state index in [4.69, 9.17) is 4.74 Å². The number of benzene rings is 1. The predicted molar refractivity (Wildman–Crippen MR) is 136 cm³/mol. The number of fused-ring (bicyclic) bond motifs is 1. The molecule has 1 aliphatic heterocycles. The van der Waals surface area contributed by atoms with E-state index in [1.807, 2.05) is 0 Å². The third kappa shape index (κ3) is 4.75. The van der Waals surface area contributed by atoms with Gasteiger partial charge in [0.1, 0.15) is 5.82 Å². The monoisotopic (exact) mass is 547 g/mol. The maximum Gasteiger partial charge on any atom is 0.419 e. The van der Waals surface area contributed by atoms with Crippen LogP contribution in [-0.2, 0) is 25.0 Å². The molecule has 1 aliphatic rings. The smallest absolute Gasteiger partial charge is 0.378 e. The molecule has 10 nitrogen and oxygen atoms in total. The van der Waals surface area contributed by atoms with Gasteiger partial charge < -0.3 is 15.1 Å². The van der Waals surface area contributed by atoms with Gasteiger partial charge in [-0.05, 0) is 19.1 Å². The summed E-state index contributed by atoms with van der Waals surface area (Å²) in [5.74, 6) is -1.32. The van der Waals surface area contributed by atoms with Crippen molar-refractivity contribution in [2.75, 3.05) is 36.6 Å². The average Bonchev–Trinajstić information content (AvgIpc) is 3.32. The molecule has 0 radical (unpaired) electrons. The second-order valence-corrected chi connectivity index (χ2v) is 9.23. The highest BCUT2D eigenvalue weighted by Crippen LogP contribution is 2.35. The molecular weight excluding hydrogens is 522 g/mol. The van der Waals surface area contributed by atoms with E-state index in [1.165, 1.54) is 35.6 Å². The summed E-state index contributed by atoms with van der Waals surface area (Å²) < 4.78 is 64.2. The number of ether oxygens (including phenoxy) is 1. The number of rotatable bonds is 5. The van der Waals surface area contributed by atoms with Crippen molar-refractivity contribution in [2.24, 2.45) is 14.1 Å². The number of anilines is 1. The SMILES string of the molecule is C[C@@H](Nc1nn(C)c(=O)c2c(-c3ccn(C)n3)c(=O)n(N3CCOCC3)cc12)c1cccc(C(F)(F)F)c1F. The van der Waals surface area contributed by atoms with Gasteiger partial charge in [0, 0.05) is 32.1 Å². The number of hydrogen-bond donors (Lipinski definition) is 1. The number of morpholine rings is 1. The van der Waals surface area contributed by atoms with Gasteiger partial charge in [0.15, 0.2) is 5.82 Å². The molecule has 39 heavy (non-hydrogen) atoms. The van der Waals surface area contributed by atoms with Crippen LogP contribution in [0.3, 0.4) is 0 Å². The summed E-state index contributed by atoms with van der Waals surface area (Å²) in [5, 5.41) is 13.6. The number of nitrogens with one attached hydrogen (secondary N) is 1. The van der Waals surface area contributed by atoms with E-state index in [2.05, 4.69) is 15.5 Å². The molecule has 5 rings (SSSR count). The summed E-state index contributed by atoms with van der Waals surface area (Å²) in [6.45, 7) is 3.05. The molecule has 206 valence electrons. The van der Waals surface area contributed by atoms with Crippen LogP contribution in [0.2, 0.25) is 0 Å². The molecule has 0 amide bonds. The van der Waals surface area contributed by atoms with Crippen molar-refractivity contribution in [1.82, 2.24) is 24.2 Å². The van der Waals surface area contributed by atoms with Crippen LogP contribution in [0, 0.1) is 5.82 Å². The number of nitrogens with zero attached hydrogens (tertiary/aromatic N) is 6. The molecule has 4 heterocycles. The molecule has 1 saturated heterocycles. The standard InChI is InChI=1S/C25H25F4N7O3/c1-14(15-5-4-6-17(21(15)26)25(27,28)29)30-22-16-13-36(35-9-11-39-12-10-35)24(38)20(18-7-8-33(2)31-18)19(16)23(37)34(3)32-22/h4-8,13-14H,9-12H2,1-3H3,(H,30,32)/t14-/m1/s1. The summed E-state index contributed by atoms with van der Waals surface area (Å²) in [6, 6.07) is 3.66. The van der Waals surface area contributed by atoms with Crippen molar-refractivity contribution in [3.63, 3.8) is 0 Å². The van der Waals surface area contributed by atoms with Crippen LogP contribution >= 0.6 is 0 Å². The molecule has 1 N–H and O–H groups in total. The Kier molecular flexibility index (Phi) is 6.66. The predicted octanol–water partition coefficient (Wildman–Crippen LogP) is 2.79. The summed E-state index contributed by atoms with van der Waals surface area (Å²) in [6.07, 6.45) is -1.77. The van der Waals surface area contributed by atoms with E-state index in [9.17, 15) is 27.2 Å². The first-order valence-electron chi connectivity index (χ1n) is 12.1. The fraction of sp³-hybridized carbons (Fsp3) is 0.360. The maximum absolute atomic E-state index is 14.9. The molecule has 14 heteroatoms. The molecule has 1 atom stereocenters. The summed E-state index contributed by atoms with van der Waals surface area (Å²) >= 11 is 0. The molecule has 0 unspecified atom stereocenters. The number of halogens is 4. The fourth-order valence-corrected chi connectivity index (χ4v) is 4.67. The van der Waals surface area contributed by atoms with Gasteiger partial charge in [-0.2, -0.15) is 23.4 Å². The molecule has 0 aliphatic carbocycles. The maximum atomic E-state index is 14.9. The number of aromatic nitrogens is 5. The van der Waals surface area contributed by atoms with E-state index >= 15 is 0 Å². The molecular formula is C25H25F4N7O3. The first-order chi connectivity index (χ1) is 18.5. The lowest BCUT2D eigenvalue weighted by molar-refractivity contribution is -0.140. The van der Waals surface area contributed by atoms with Gasteiger partial charge in [0.05, 0.1) is 59.9 Å². The zero-order chi connectivity index (χ0) is 28.1. The number of alkyl halides is 3. The Balaban J connectivity index is 1.73. The summed E-state index contributed by atoms with van der Waals surface area (Å²) in [4.78, 5) is 27.1. The van der Waals surface area contributed by atoms with Crippen molar-refractivity contribution in [1.29, 1.82) is 0 Å². The fourth-order valence-electron chi connectivity index (χ4n) is 4.67. The van der Waals surface area contributed by atoms with Gasteiger partial charge in [-0.1, -0.05) is 12.1 Å². The molecule has 0 bridgehead atoms. The molecule has 0 spiro atoms. The summed E-state index contributed by atoms with van der Waals surface area (Å²) in [7, 11) is 3.06. The molecule has 1 fully saturated rings. The number of aryl methyl sites for hydroxylation is 2. The third-order valence-electron chi connectivity index (χ3n) is 6.62. The largest absolute Gasteiger partial charge is 0.419 e. The van der Waals surface area contributed by atoms with Crippen LogP contribution in [-0.4, -0.2) is 50.5 Å². The Morgan fingerprint density at radius 1 is 1.05 bits per heavy atom. The summed E-state index contributed by atoms with van der Waals surface area (Å²) in [5.41, 5.74) is -2.36. The zero-order valence-electron chi connectivity index (χ0n) is 21.3. The highest BCUT2D eigenvalue weighted by Gasteiger charge is 2.35. The van der Waals surface area contributed by atoms with Crippen molar-refractivity contribution >= 4 is 16.6 Å². The van der Waals surface area contributed by atoms with Gasteiger partial charge in [0.25, 0.3) is 11.1 Å². The normalized spacial score (nSPS) is 15.1. The average molecular weight is 548 g/mol. The second kappa shape index (κ2) is 9.84. The topological polar surface area (TPSA) is 99.2 Å². The van der Waals surface area contributed by atoms with E-state index < -0.39 is 34.7 Å². The van der Waals surface area contributed by atoms with Crippen molar-refractivity contribution < 1.29 is 22.3 Å². The molecule has 1 aromatic carbocycles. The van der Waals surface area contributed by atoms with Gasteiger partial charge in [0.2, 0.25) is 0 Å².